The monoisotopic (exact) mass is 538 g/mol. The van der Waals surface area contributed by atoms with E-state index in [1.54, 1.807) is 30.3 Å². The van der Waals surface area contributed by atoms with Gasteiger partial charge in [-0.15, -0.1) is 0 Å². The summed E-state index contributed by atoms with van der Waals surface area (Å²) in [7, 11) is 1.50. The zero-order valence-corrected chi connectivity index (χ0v) is 21.2. The van der Waals surface area contributed by atoms with Crippen LogP contribution in [-0.2, 0) is 44.7 Å². The molecule has 1 rings (SSSR count). The lowest BCUT2D eigenvalue weighted by atomic mass is 10.0. The minimum absolute atomic E-state index is 0.0479. The summed E-state index contributed by atoms with van der Waals surface area (Å²) < 4.78 is 10.1. The number of carboxylic acid groups (broad SMARTS) is 2. The molecule has 0 saturated carbocycles. The van der Waals surface area contributed by atoms with Gasteiger partial charge in [-0.3, -0.25) is 28.8 Å². The molecule has 0 unspecified atom stereocenters. The Hall–Kier alpha value is -4.04. The maximum Gasteiger partial charge on any atom is 0.305 e. The zero-order valence-electron chi connectivity index (χ0n) is 21.2. The Morgan fingerprint density at radius 2 is 1.32 bits per heavy atom. The highest BCUT2D eigenvalue weighted by Crippen LogP contribution is 2.06. The summed E-state index contributed by atoms with van der Waals surface area (Å²) in [6.07, 6.45) is -1.53. The summed E-state index contributed by atoms with van der Waals surface area (Å²) in [6, 6.07) is 4.24. The van der Waals surface area contributed by atoms with Gasteiger partial charge in [0.05, 0.1) is 32.7 Å². The van der Waals surface area contributed by atoms with Crippen LogP contribution in [0.25, 0.3) is 0 Å². The second kappa shape index (κ2) is 17.4. The molecule has 38 heavy (non-hydrogen) atoms. The molecule has 1 aromatic carbocycles. The van der Waals surface area contributed by atoms with E-state index in [9.17, 15) is 33.9 Å². The second-order valence-corrected chi connectivity index (χ2v) is 8.16. The van der Waals surface area contributed by atoms with E-state index in [1.807, 2.05) is 0 Å². The summed E-state index contributed by atoms with van der Waals surface area (Å²) in [4.78, 5) is 72.5. The van der Waals surface area contributed by atoms with Gasteiger partial charge < -0.3 is 41.0 Å². The Bertz CT molecular complexity index is 941. The molecular weight excluding hydrogens is 504 g/mol. The number of nitrogens with one attached hydrogen (secondary N) is 4. The van der Waals surface area contributed by atoms with Crippen LogP contribution in [0.15, 0.2) is 30.3 Å². The van der Waals surface area contributed by atoms with Crippen LogP contribution in [0.1, 0.15) is 25.3 Å². The number of benzene rings is 1. The van der Waals surface area contributed by atoms with Gasteiger partial charge in [0.25, 0.3) is 0 Å². The fourth-order valence-corrected chi connectivity index (χ4v) is 3.23. The average Bonchev–Trinajstić information content (AvgIpc) is 2.84. The summed E-state index contributed by atoms with van der Waals surface area (Å²) in [5, 5.41) is 27.8. The Balaban J connectivity index is 3.02. The first kappa shape index (κ1) is 32.0. The van der Waals surface area contributed by atoms with Crippen molar-refractivity contribution < 1.29 is 48.5 Å². The molecule has 4 amide bonds. The van der Waals surface area contributed by atoms with Crippen molar-refractivity contribution in [2.24, 2.45) is 0 Å². The van der Waals surface area contributed by atoms with E-state index >= 15 is 0 Å². The number of rotatable bonds is 18. The van der Waals surface area contributed by atoms with Crippen LogP contribution in [0.5, 0.6) is 0 Å². The lowest BCUT2D eigenvalue weighted by molar-refractivity contribution is -0.141. The first-order valence-electron chi connectivity index (χ1n) is 11.7. The molecule has 0 aromatic heterocycles. The van der Waals surface area contributed by atoms with Crippen molar-refractivity contribution in [3.63, 3.8) is 0 Å². The van der Waals surface area contributed by atoms with E-state index in [0.717, 1.165) is 6.92 Å². The van der Waals surface area contributed by atoms with Crippen LogP contribution < -0.4 is 21.3 Å². The molecule has 14 nitrogen and oxygen atoms in total. The number of aliphatic carboxylic acids is 2. The van der Waals surface area contributed by atoms with E-state index in [0.29, 0.717) is 18.8 Å². The van der Waals surface area contributed by atoms with Crippen molar-refractivity contribution >= 4 is 35.6 Å². The number of hydrogen-bond donors (Lipinski definition) is 6. The summed E-state index contributed by atoms with van der Waals surface area (Å²) in [5.74, 6) is -5.95. The lowest BCUT2D eigenvalue weighted by Crippen LogP contribution is -2.58. The van der Waals surface area contributed by atoms with Gasteiger partial charge in [-0.25, -0.2) is 0 Å². The highest BCUT2D eigenvalue weighted by atomic mass is 16.5. The number of carbonyl (C=O) groups excluding carboxylic acids is 4. The molecule has 0 saturated heterocycles. The number of carbonyl (C=O) groups is 6. The smallest absolute Gasteiger partial charge is 0.305 e. The molecule has 0 bridgehead atoms. The highest BCUT2D eigenvalue weighted by Gasteiger charge is 2.31. The van der Waals surface area contributed by atoms with Gasteiger partial charge in [0.15, 0.2) is 0 Å². The zero-order chi connectivity index (χ0) is 28.5. The van der Waals surface area contributed by atoms with Crippen LogP contribution in [0, 0.1) is 0 Å². The predicted molar refractivity (Wildman–Crippen MR) is 132 cm³/mol. The number of ether oxygens (including phenoxy) is 2. The van der Waals surface area contributed by atoms with Crippen LogP contribution >= 0.6 is 0 Å². The number of amides is 4. The third kappa shape index (κ3) is 13.3. The average molecular weight is 539 g/mol. The lowest BCUT2D eigenvalue weighted by Gasteiger charge is -2.24. The summed E-state index contributed by atoms with van der Waals surface area (Å²) in [5.41, 5.74) is 0.620. The van der Waals surface area contributed by atoms with Crippen LogP contribution in [0.3, 0.4) is 0 Å². The molecule has 0 aliphatic carbocycles. The van der Waals surface area contributed by atoms with Crippen LogP contribution in [0.2, 0.25) is 0 Å². The van der Waals surface area contributed by atoms with E-state index in [1.165, 1.54) is 7.11 Å². The van der Waals surface area contributed by atoms with Crippen molar-refractivity contribution in [3.8, 4) is 0 Å². The first-order valence-corrected chi connectivity index (χ1v) is 11.7. The topological polar surface area (TPSA) is 209 Å². The van der Waals surface area contributed by atoms with Gasteiger partial charge in [-0.2, -0.15) is 0 Å². The molecule has 210 valence electrons. The van der Waals surface area contributed by atoms with Crippen molar-refractivity contribution in [3.05, 3.63) is 35.9 Å². The highest BCUT2D eigenvalue weighted by molar-refractivity contribution is 5.96. The molecule has 0 heterocycles. The van der Waals surface area contributed by atoms with Crippen molar-refractivity contribution in [1.29, 1.82) is 0 Å². The van der Waals surface area contributed by atoms with Crippen LogP contribution in [-0.4, -0.2) is 97.4 Å². The molecule has 0 aliphatic heterocycles. The molecule has 1 aromatic rings. The fraction of sp³-hybridized carbons (Fsp3) is 0.500. The molecule has 3 atom stereocenters. The second-order valence-electron chi connectivity index (χ2n) is 8.16. The predicted octanol–water partition coefficient (Wildman–Crippen LogP) is -1.57. The fourth-order valence-electron chi connectivity index (χ4n) is 3.23. The van der Waals surface area contributed by atoms with Gasteiger partial charge in [0.2, 0.25) is 23.6 Å². The third-order valence-corrected chi connectivity index (χ3v) is 4.98. The van der Waals surface area contributed by atoms with E-state index in [2.05, 4.69) is 21.3 Å². The van der Waals surface area contributed by atoms with Gasteiger partial charge in [-0.05, 0) is 5.56 Å². The standard InChI is InChI=1S/C24H34N4O10/c1-15(29)26-19(14-21(32)33)24(36)27-17(12-16-6-4-3-5-7-16)23(35)28-18(13-20(30)31)22(34)25-8-9-38-11-10-37-2/h3-7,17-19H,8-14H2,1-2H3,(H,25,34)(H,26,29)(H,27,36)(H,28,35)(H,30,31)(H,32,33)/t17-,18+,19+/m1/s1. The maximum absolute atomic E-state index is 13.2. The molecule has 0 radical (unpaired) electrons. The summed E-state index contributed by atoms with van der Waals surface area (Å²) >= 11 is 0. The Kier molecular flexibility index (Phi) is 14.7. The molecule has 0 fully saturated rings. The van der Waals surface area contributed by atoms with E-state index in [-0.39, 0.29) is 19.6 Å². The van der Waals surface area contributed by atoms with Gasteiger partial charge in [-0.1, -0.05) is 30.3 Å². The number of carboxylic acids is 2. The first-order chi connectivity index (χ1) is 18.0. The molecule has 14 heteroatoms. The number of hydrogen-bond acceptors (Lipinski definition) is 8. The van der Waals surface area contributed by atoms with E-state index in [4.69, 9.17) is 14.6 Å². The largest absolute Gasteiger partial charge is 0.481 e. The third-order valence-electron chi connectivity index (χ3n) is 4.98. The van der Waals surface area contributed by atoms with Crippen molar-refractivity contribution in [2.75, 3.05) is 33.5 Å². The maximum atomic E-state index is 13.2. The molecule has 6 N–H and O–H groups in total. The van der Waals surface area contributed by atoms with E-state index < -0.39 is 66.5 Å². The Morgan fingerprint density at radius 1 is 0.763 bits per heavy atom. The SMILES string of the molecule is COCCOCCNC(=O)[C@H](CC(=O)O)NC(=O)[C@@H](Cc1ccccc1)NC(=O)[C@H](CC(=O)O)NC(C)=O. The Morgan fingerprint density at radius 3 is 1.87 bits per heavy atom. The minimum atomic E-state index is -1.47. The molecule has 0 aliphatic rings. The number of methoxy groups -OCH3 is 1. The summed E-state index contributed by atoms with van der Waals surface area (Å²) in [6.45, 7) is 1.93. The molecule has 0 spiro atoms. The minimum Gasteiger partial charge on any atom is -0.481 e. The van der Waals surface area contributed by atoms with Gasteiger partial charge >= 0.3 is 11.9 Å². The quantitative estimate of drug-likeness (QED) is 0.118. The van der Waals surface area contributed by atoms with Crippen molar-refractivity contribution in [1.82, 2.24) is 21.3 Å². The van der Waals surface area contributed by atoms with Gasteiger partial charge in [0.1, 0.15) is 18.1 Å². The van der Waals surface area contributed by atoms with Crippen LogP contribution in [0.4, 0.5) is 0 Å². The normalized spacial score (nSPS) is 12.9. The Labute approximate surface area is 219 Å². The van der Waals surface area contributed by atoms with Crippen molar-refractivity contribution in [2.45, 2.75) is 44.3 Å². The van der Waals surface area contributed by atoms with Gasteiger partial charge in [0, 0.05) is 27.0 Å². The molecular formula is C24H34N4O10.